The van der Waals surface area contributed by atoms with E-state index in [1.807, 2.05) is 19.1 Å². The Morgan fingerprint density at radius 3 is 2.38 bits per heavy atom. The van der Waals surface area contributed by atoms with E-state index in [9.17, 15) is 9.59 Å². The van der Waals surface area contributed by atoms with Gasteiger partial charge in [0.15, 0.2) is 12.4 Å². The molecule has 0 aliphatic carbocycles. The van der Waals surface area contributed by atoms with E-state index in [1.54, 1.807) is 67.8 Å². The van der Waals surface area contributed by atoms with Gasteiger partial charge in [0.05, 0.1) is 12.5 Å². The van der Waals surface area contributed by atoms with Gasteiger partial charge < -0.3 is 18.6 Å². The monoisotopic (exact) mass is 430 g/mol. The molecular formula is C26H22O6. The zero-order valence-electron chi connectivity index (χ0n) is 17.8. The number of hydrogen-bond acceptors (Lipinski definition) is 6. The molecule has 4 aromatic rings. The van der Waals surface area contributed by atoms with Crippen molar-refractivity contribution in [3.8, 4) is 28.6 Å². The number of methoxy groups -OCH3 is 1. The van der Waals surface area contributed by atoms with Crippen molar-refractivity contribution < 1.29 is 23.4 Å². The third-order valence-electron chi connectivity index (χ3n) is 4.99. The van der Waals surface area contributed by atoms with E-state index in [1.165, 1.54) is 0 Å². The quantitative estimate of drug-likeness (QED) is 0.384. The molecule has 6 heteroatoms. The fourth-order valence-electron chi connectivity index (χ4n) is 3.27. The van der Waals surface area contributed by atoms with Gasteiger partial charge in [0.25, 0.3) is 0 Å². The van der Waals surface area contributed by atoms with Crippen LogP contribution in [0, 0.1) is 0 Å². The van der Waals surface area contributed by atoms with Gasteiger partial charge in [-0.15, -0.1) is 0 Å². The summed E-state index contributed by atoms with van der Waals surface area (Å²) in [6.45, 7) is 1.65. The van der Waals surface area contributed by atoms with Crippen molar-refractivity contribution >= 4 is 16.9 Å². The van der Waals surface area contributed by atoms with Crippen LogP contribution < -0.4 is 19.6 Å². The first kappa shape index (κ1) is 21.2. The summed E-state index contributed by atoms with van der Waals surface area (Å²) >= 11 is 0. The minimum atomic E-state index is -0.707. The summed E-state index contributed by atoms with van der Waals surface area (Å²) in [6.07, 6.45) is 0.760. The van der Waals surface area contributed by atoms with Gasteiger partial charge in [-0.25, -0.2) is 4.79 Å². The molecule has 0 aliphatic heterocycles. The minimum Gasteiger partial charge on any atom is -0.497 e. The topological polar surface area (TPSA) is 75.0 Å². The summed E-state index contributed by atoms with van der Waals surface area (Å²) < 4.78 is 22.2. The predicted octanol–water partition coefficient (Wildman–Crippen LogP) is 5.02. The van der Waals surface area contributed by atoms with Gasteiger partial charge in [0.1, 0.15) is 17.1 Å². The first-order valence-corrected chi connectivity index (χ1v) is 10.2. The van der Waals surface area contributed by atoms with E-state index in [4.69, 9.17) is 18.6 Å². The summed E-state index contributed by atoms with van der Waals surface area (Å²) in [5.41, 5.74) is 1.56. The number of fused-ring (bicyclic) bond motifs is 1. The summed E-state index contributed by atoms with van der Waals surface area (Å²) in [5.74, 6) is 0.471. The molecule has 32 heavy (non-hydrogen) atoms. The number of carbonyl (C=O) groups is 1. The standard InChI is InChI=1S/C26H22O6/c1-3-17-9-14-22-21(15-17)24(28)26(25(31-22)18-10-12-19(29-2)13-11-18)32-23(27)16-30-20-7-5-4-6-8-20/h4-15H,3,16H2,1-2H3. The Labute approximate surface area is 185 Å². The molecule has 0 bridgehead atoms. The molecule has 0 aliphatic rings. The van der Waals surface area contributed by atoms with Gasteiger partial charge >= 0.3 is 5.97 Å². The molecule has 0 spiro atoms. The van der Waals surface area contributed by atoms with Crippen molar-refractivity contribution in [2.45, 2.75) is 13.3 Å². The zero-order chi connectivity index (χ0) is 22.5. The van der Waals surface area contributed by atoms with Crippen LogP contribution in [0.3, 0.4) is 0 Å². The fraction of sp³-hybridized carbons (Fsp3) is 0.154. The van der Waals surface area contributed by atoms with Gasteiger partial charge in [-0.2, -0.15) is 0 Å². The zero-order valence-corrected chi connectivity index (χ0v) is 17.8. The number of rotatable bonds is 7. The maximum atomic E-state index is 13.3. The second-order valence-corrected chi connectivity index (χ2v) is 7.08. The summed E-state index contributed by atoms with van der Waals surface area (Å²) in [5, 5.41) is 0.355. The summed E-state index contributed by atoms with van der Waals surface area (Å²) in [6, 6.07) is 21.3. The van der Waals surface area contributed by atoms with E-state index in [0.29, 0.717) is 28.0 Å². The summed E-state index contributed by atoms with van der Waals surface area (Å²) in [7, 11) is 1.57. The smallest absolute Gasteiger partial charge is 0.349 e. The Hall–Kier alpha value is -4.06. The molecule has 4 rings (SSSR count). The highest BCUT2D eigenvalue weighted by molar-refractivity contribution is 5.85. The number of ether oxygens (including phenoxy) is 3. The van der Waals surface area contributed by atoms with Crippen molar-refractivity contribution in [3.63, 3.8) is 0 Å². The van der Waals surface area contributed by atoms with Gasteiger partial charge in [-0.1, -0.05) is 31.2 Å². The van der Waals surface area contributed by atoms with Crippen LogP contribution in [0.25, 0.3) is 22.3 Å². The molecule has 3 aromatic carbocycles. The van der Waals surface area contributed by atoms with Crippen molar-refractivity contribution in [2.24, 2.45) is 0 Å². The molecule has 0 fully saturated rings. The summed E-state index contributed by atoms with van der Waals surface area (Å²) in [4.78, 5) is 25.9. The molecule has 162 valence electrons. The Kier molecular flexibility index (Phi) is 6.22. The number of aryl methyl sites for hydroxylation is 1. The van der Waals surface area contributed by atoms with Crippen LogP contribution in [0.15, 0.2) is 82.0 Å². The highest BCUT2D eigenvalue weighted by Crippen LogP contribution is 2.32. The van der Waals surface area contributed by atoms with Crippen LogP contribution in [-0.2, 0) is 11.2 Å². The van der Waals surface area contributed by atoms with Crippen molar-refractivity contribution in [1.82, 2.24) is 0 Å². The maximum absolute atomic E-state index is 13.3. The lowest BCUT2D eigenvalue weighted by Crippen LogP contribution is -2.21. The number of esters is 1. The molecule has 0 unspecified atom stereocenters. The Morgan fingerprint density at radius 1 is 0.938 bits per heavy atom. The number of hydrogen-bond donors (Lipinski definition) is 0. The Morgan fingerprint density at radius 2 is 1.69 bits per heavy atom. The highest BCUT2D eigenvalue weighted by atomic mass is 16.6. The predicted molar refractivity (Wildman–Crippen MR) is 121 cm³/mol. The van der Waals surface area contributed by atoms with E-state index in [2.05, 4.69) is 0 Å². The number of carbonyl (C=O) groups excluding carboxylic acids is 1. The maximum Gasteiger partial charge on any atom is 0.349 e. The number of benzene rings is 3. The van der Waals surface area contributed by atoms with E-state index in [0.717, 1.165) is 12.0 Å². The molecule has 0 N–H and O–H groups in total. The molecule has 0 saturated carbocycles. The first-order valence-electron chi connectivity index (χ1n) is 10.2. The largest absolute Gasteiger partial charge is 0.497 e. The molecule has 0 amide bonds. The second-order valence-electron chi connectivity index (χ2n) is 7.08. The molecule has 0 saturated heterocycles. The van der Waals surface area contributed by atoms with Crippen molar-refractivity contribution in [3.05, 3.63) is 88.6 Å². The molecule has 1 heterocycles. The molecular weight excluding hydrogens is 408 g/mol. The van der Waals surface area contributed by atoms with Gasteiger partial charge in [0, 0.05) is 5.56 Å². The SMILES string of the molecule is CCc1ccc2oc(-c3ccc(OC)cc3)c(OC(=O)COc3ccccc3)c(=O)c2c1. The van der Waals surface area contributed by atoms with Crippen LogP contribution in [0.2, 0.25) is 0 Å². The average Bonchev–Trinajstić information content (AvgIpc) is 2.85. The van der Waals surface area contributed by atoms with Crippen LogP contribution in [0.5, 0.6) is 17.2 Å². The van der Waals surface area contributed by atoms with Crippen LogP contribution in [0.4, 0.5) is 0 Å². The van der Waals surface area contributed by atoms with E-state index >= 15 is 0 Å². The fourth-order valence-corrected chi connectivity index (χ4v) is 3.27. The van der Waals surface area contributed by atoms with E-state index in [-0.39, 0.29) is 18.1 Å². The normalized spacial score (nSPS) is 10.7. The third-order valence-corrected chi connectivity index (χ3v) is 4.99. The molecule has 1 aromatic heterocycles. The molecule has 0 atom stereocenters. The van der Waals surface area contributed by atoms with Crippen LogP contribution in [-0.4, -0.2) is 19.7 Å². The minimum absolute atomic E-state index is 0.169. The third kappa shape index (κ3) is 4.49. The first-order chi connectivity index (χ1) is 15.6. The Bertz CT molecular complexity index is 1290. The van der Waals surface area contributed by atoms with Crippen LogP contribution in [0.1, 0.15) is 12.5 Å². The number of para-hydroxylation sites is 1. The van der Waals surface area contributed by atoms with E-state index < -0.39 is 11.4 Å². The molecule has 6 nitrogen and oxygen atoms in total. The second kappa shape index (κ2) is 9.39. The van der Waals surface area contributed by atoms with Crippen molar-refractivity contribution in [2.75, 3.05) is 13.7 Å². The lowest BCUT2D eigenvalue weighted by Gasteiger charge is -2.12. The molecule has 0 radical (unpaired) electrons. The Balaban J connectivity index is 1.74. The lowest BCUT2D eigenvalue weighted by molar-refractivity contribution is -0.136. The van der Waals surface area contributed by atoms with Gasteiger partial charge in [-0.3, -0.25) is 4.79 Å². The highest BCUT2D eigenvalue weighted by Gasteiger charge is 2.21. The van der Waals surface area contributed by atoms with Crippen LogP contribution >= 0.6 is 0 Å². The lowest BCUT2D eigenvalue weighted by atomic mass is 10.1. The average molecular weight is 430 g/mol. The van der Waals surface area contributed by atoms with Gasteiger partial charge in [-0.05, 0) is 60.5 Å². The van der Waals surface area contributed by atoms with Gasteiger partial charge in [0.2, 0.25) is 11.2 Å². The van der Waals surface area contributed by atoms with Crippen molar-refractivity contribution in [1.29, 1.82) is 0 Å².